The summed E-state index contributed by atoms with van der Waals surface area (Å²) in [5.41, 5.74) is 0.950. The third kappa shape index (κ3) is 3.20. The Kier molecular flexibility index (Phi) is 4.27. The van der Waals surface area contributed by atoms with Crippen molar-refractivity contribution in [1.29, 1.82) is 0 Å². The molecule has 0 saturated carbocycles. The Morgan fingerprint density at radius 1 is 1.33 bits per heavy atom. The summed E-state index contributed by atoms with van der Waals surface area (Å²) in [4.78, 5) is 11.2. The van der Waals surface area contributed by atoms with Gasteiger partial charge in [-0.1, -0.05) is 17.7 Å². The predicted molar refractivity (Wildman–Crippen MR) is 83.0 cm³/mol. The highest BCUT2D eigenvalue weighted by atomic mass is 35.5. The molecule has 1 aromatic carbocycles. The molecule has 21 heavy (non-hydrogen) atoms. The van der Waals surface area contributed by atoms with Crippen LogP contribution in [0, 0.1) is 13.8 Å². The molecule has 0 bridgehead atoms. The van der Waals surface area contributed by atoms with Crippen molar-refractivity contribution < 1.29 is 18.3 Å². The Morgan fingerprint density at radius 3 is 2.57 bits per heavy atom. The molecule has 0 aliphatic heterocycles. The highest BCUT2D eigenvalue weighted by Gasteiger charge is 2.21. The Morgan fingerprint density at radius 2 is 2.00 bits per heavy atom. The van der Waals surface area contributed by atoms with Crippen molar-refractivity contribution in [2.24, 2.45) is 0 Å². The molecular formula is C13H12ClNO4S2. The zero-order chi connectivity index (χ0) is 15.8. The Bertz CT molecular complexity index is 812. The van der Waals surface area contributed by atoms with Gasteiger partial charge in [0.2, 0.25) is 0 Å². The fourth-order valence-electron chi connectivity index (χ4n) is 1.81. The van der Waals surface area contributed by atoms with Crippen LogP contribution in [0.3, 0.4) is 0 Å². The molecule has 1 aromatic heterocycles. The van der Waals surface area contributed by atoms with Crippen LogP contribution < -0.4 is 4.72 Å². The van der Waals surface area contributed by atoms with Crippen LogP contribution in [0.4, 0.5) is 5.00 Å². The first-order valence-electron chi connectivity index (χ1n) is 5.84. The van der Waals surface area contributed by atoms with E-state index in [0.29, 0.717) is 16.1 Å². The fourth-order valence-corrected chi connectivity index (χ4v) is 4.50. The van der Waals surface area contributed by atoms with Crippen LogP contribution in [0.2, 0.25) is 5.02 Å². The number of thiophene rings is 1. The molecular weight excluding hydrogens is 334 g/mol. The van der Waals surface area contributed by atoms with Gasteiger partial charge in [-0.3, -0.25) is 4.72 Å². The Balaban J connectivity index is 2.40. The van der Waals surface area contributed by atoms with Gasteiger partial charge in [0.15, 0.2) is 0 Å². The van der Waals surface area contributed by atoms with E-state index in [1.54, 1.807) is 26.0 Å². The van der Waals surface area contributed by atoms with Crippen molar-refractivity contribution in [3.8, 4) is 0 Å². The predicted octanol–water partition coefficient (Wildman–Crippen LogP) is 3.52. The number of nitrogens with one attached hydrogen (secondary N) is 1. The lowest BCUT2D eigenvalue weighted by Gasteiger charge is -2.09. The minimum atomic E-state index is -3.81. The molecule has 0 spiro atoms. The van der Waals surface area contributed by atoms with Gasteiger partial charge in [0, 0.05) is 5.02 Å². The van der Waals surface area contributed by atoms with E-state index in [-0.39, 0.29) is 14.8 Å². The fraction of sp³-hybridized carbons (Fsp3) is 0.154. The zero-order valence-electron chi connectivity index (χ0n) is 11.2. The van der Waals surface area contributed by atoms with E-state index < -0.39 is 16.0 Å². The van der Waals surface area contributed by atoms with E-state index in [2.05, 4.69) is 4.72 Å². The van der Waals surface area contributed by atoms with Crippen molar-refractivity contribution in [3.05, 3.63) is 45.3 Å². The summed E-state index contributed by atoms with van der Waals surface area (Å²) in [6.07, 6.45) is 0. The van der Waals surface area contributed by atoms with E-state index >= 15 is 0 Å². The van der Waals surface area contributed by atoms with Crippen molar-refractivity contribution in [3.63, 3.8) is 0 Å². The third-order valence-electron chi connectivity index (χ3n) is 2.85. The number of hydrogen-bond acceptors (Lipinski definition) is 4. The number of aryl methyl sites for hydroxylation is 1. The molecule has 5 nitrogen and oxygen atoms in total. The standard InChI is InChI=1S/C13H12ClNO4S2/c1-7-6-11(20-12(7)13(16)17)15-21(18,19)10-5-3-4-9(14)8(10)2/h3-6,15H,1-2H3,(H,16,17). The smallest absolute Gasteiger partial charge is 0.346 e. The third-order valence-corrected chi connectivity index (χ3v) is 6.04. The highest BCUT2D eigenvalue weighted by molar-refractivity contribution is 7.93. The summed E-state index contributed by atoms with van der Waals surface area (Å²) < 4.78 is 27.1. The molecule has 2 aromatic rings. The quantitative estimate of drug-likeness (QED) is 0.888. The summed E-state index contributed by atoms with van der Waals surface area (Å²) in [6.45, 7) is 3.22. The molecule has 2 N–H and O–H groups in total. The average Bonchev–Trinajstić information content (AvgIpc) is 2.72. The van der Waals surface area contributed by atoms with Crippen LogP contribution in [0.25, 0.3) is 0 Å². The summed E-state index contributed by atoms with van der Waals surface area (Å²) in [5.74, 6) is -1.08. The maximum absolute atomic E-state index is 12.4. The minimum absolute atomic E-state index is 0.0675. The van der Waals surface area contributed by atoms with Gasteiger partial charge in [-0.15, -0.1) is 11.3 Å². The van der Waals surface area contributed by atoms with Crippen molar-refractivity contribution in [2.45, 2.75) is 18.7 Å². The van der Waals surface area contributed by atoms with Crippen molar-refractivity contribution in [1.82, 2.24) is 0 Å². The molecule has 1 heterocycles. The first-order chi connectivity index (χ1) is 9.72. The second-order valence-electron chi connectivity index (χ2n) is 4.40. The lowest BCUT2D eigenvalue weighted by atomic mass is 10.2. The van der Waals surface area contributed by atoms with E-state index in [4.69, 9.17) is 16.7 Å². The number of carboxylic acids is 1. The van der Waals surface area contributed by atoms with E-state index in [1.165, 1.54) is 12.1 Å². The van der Waals surface area contributed by atoms with Crippen LogP contribution >= 0.6 is 22.9 Å². The monoisotopic (exact) mass is 345 g/mol. The maximum Gasteiger partial charge on any atom is 0.346 e. The second kappa shape index (κ2) is 5.67. The van der Waals surface area contributed by atoms with Gasteiger partial charge in [-0.05, 0) is 43.2 Å². The van der Waals surface area contributed by atoms with Crippen LogP contribution in [0.15, 0.2) is 29.2 Å². The van der Waals surface area contributed by atoms with Gasteiger partial charge in [-0.2, -0.15) is 0 Å². The Hall–Kier alpha value is -1.57. The Labute approximate surface area is 131 Å². The topological polar surface area (TPSA) is 83.5 Å². The molecule has 0 atom stereocenters. The SMILES string of the molecule is Cc1cc(NS(=O)(=O)c2cccc(Cl)c2C)sc1C(=O)O. The number of halogens is 1. The summed E-state index contributed by atoms with van der Waals surface area (Å²) in [5, 5.41) is 9.60. The molecule has 112 valence electrons. The lowest BCUT2D eigenvalue weighted by molar-refractivity contribution is 0.0701. The van der Waals surface area contributed by atoms with E-state index in [1.807, 2.05) is 0 Å². The minimum Gasteiger partial charge on any atom is -0.477 e. The molecule has 0 unspecified atom stereocenters. The van der Waals surface area contributed by atoms with E-state index in [0.717, 1.165) is 11.3 Å². The number of rotatable bonds is 4. The normalized spacial score (nSPS) is 11.4. The lowest BCUT2D eigenvalue weighted by Crippen LogP contribution is -2.13. The number of anilines is 1. The summed E-state index contributed by atoms with van der Waals surface area (Å²) in [6, 6.07) is 6.09. The number of hydrogen-bond donors (Lipinski definition) is 2. The summed E-state index contributed by atoms with van der Waals surface area (Å²) in [7, 11) is -3.81. The highest BCUT2D eigenvalue weighted by Crippen LogP contribution is 2.30. The molecule has 0 aliphatic carbocycles. The largest absolute Gasteiger partial charge is 0.477 e. The molecule has 0 radical (unpaired) electrons. The molecule has 8 heteroatoms. The molecule has 0 aliphatic rings. The van der Waals surface area contributed by atoms with Crippen LogP contribution in [0.5, 0.6) is 0 Å². The van der Waals surface area contributed by atoms with Gasteiger partial charge in [-0.25, -0.2) is 13.2 Å². The number of carboxylic acid groups (broad SMARTS) is 1. The van der Waals surface area contributed by atoms with Gasteiger partial charge >= 0.3 is 5.97 Å². The first-order valence-corrected chi connectivity index (χ1v) is 8.52. The number of carbonyl (C=O) groups is 1. The zero-order valence-corrected chi connectivity index (χ0v) is 13.6. The summed E-state index contributed by atoms with van der Waals surface area (Å²) >= 11 is 6.80. The number of aromatic carboxylic acids is 1. The molecule has 2 rings (SSSR count). The van der Waals surface area contributed by atoms with E-state index in [9.17, 15) is 13.2 Å². The van der Waals surface area contributed by atoms with Crippen LogP contribution in [-0.2, 0) is 10.0 Å². The number of benzene rings is 1. The van der Waals surface area contributed by atoms with Crippen molar-refractivity contribution >= 4 is 43.9 Å². The average molecular weight is 346 g/mol. The van der Waals surface area contributed by atoms with Crippen LogP contribution in [-0.4, -0.2) is 19.5 Å². The molecule has 0 fully saturated rings. The van der Waals surface area contributed by atoms with Crippen LogP contribution in [0.1, 0.15) is 20.8 Å². The van der Waals surface area contributed by atoms with Gasteiger partial charge in [0.25, 0.3) is 10.0 Å². The molecule has 0 saturated heterocycles. The number of sulfonamides is 1. The second-order valence-corrected chi connectivity index (χ2v) is 7.51. The van der Waals surface area contributed by atoms with Gasteiger partial charge in [0.05, 0.1) is 4.90 Å². The van der Waals surface area contributed by atoms with Gasteiger partial charge < -0.3 is 5.11 Å². The van der Waals surface area contributed by atoms with Crippen molar-refractivity contribution in [2.75, 3.05) is 4.72 Å². The maximum atomic E-state index is 12.4. The first kappa shape index (κ1) is 15.8. The van der Waals surface area contributed by atoms with Gasteiger partial charge in [0.1, 0.15) is 9.88 Å². The molecule has 0 amide bonds.